The van der Waals surface area contributed by atoms with E-state index in [1.807, 2.05) is 13.0 Å². The number of rotatable bonds is 6. The van der Waals surface area contributed by atoms with Crippen LogP contribution in [0.15, 0.2) is 30.3 Å². The topological polar surface area (TPSA) is 76.7 Å². The summed E-state index contributed by atoms with van der Waals surface area (Å²) >= 11 is 1.51. The molecule has 0 spiro atoms. The van der Waals surface area contributed by atoms with Crippen LogP contribution in [0.3, 0.4) is 0 Å². The van der Waals surface area contributed by atoms with E-state index in [0.717, 1.165) is 25.0 Å². The van der Waals surface area contributed by atoms with Crippen LogP contribution in [0.4, 0.5) is 0 Å². The highest BCUT2D eigenvalue weighted by Crippen LogP contribution is 2.32. The molecule has 0 bridgehead atoms. The van der Waals surface area contributed by atoms with E-state index < -0.39 is 12.0 Å². The van der Waals surface area contributed by atoms with Crippen molar-refractivity contribution in [2.45, 2.75) is 46.1 Å². The first-order valence-corrected chi connectivity index (χ1v) is 10.4. The van der Waals surface area contributed by atoms with Gasteiger partial charge in [0.25, 0.3) is 11.8 Å². The Kier molecular flexibility index (Phi) is 6.57. The lowest BCUT2D eigenvalue weighted by Crippen LogP contribution is -2.47. The molecule has 7 heteroatoms. The monoisotopic (exact) mass is 402 g/mol. The molecule has 1 heterocycles. The lowest BCUT2D eigenvalue weighted by molar-refractivity contribution is -0.128. The number of ether oxygens (including phenoxy) is 2. The Morgan fingerprint density at radius 3 is 2.64 bits per heavy atom. The number of carbonyl (C=O) groups excluding carboxylic acids is 2. The van der Waals surface area contributed by atoms with Crippen molar-refractivity contribution in [2.24, 2.45) is 5.92 Å². The smallest absolute Gasteiger partial charge is 0.279 e. The van der Waals surface area contributed by atoms with Crippen LogP contribution in [0.1, 0.15) is 47.3 Å². The molecule has 0 saturated heterocycles. The van der Waals surface area contributed by atoms with E-state index in [-0.39, 0.29) is 5.91 Å². The summed E-state index contributed by atoms with van der Waals surface area (Å²) in [4.78, 5) is 26.5. The number of hydrogen-bond donors (Lipinski definition) is 2. The molecule has 3 rings (SSSR count). The number of hydrogen-bond acceptors (Lipinski definition) is 5. The van der Waals surface area contributed by atoms with E-state index in [0.29, 0.717) is 23.2 Å². The zero-order valence-electron chi connectivity index (χ0n) is 16.4. The summed E-state index contributed by atoms with van der Waals surface area (Å²) in [6, 6.07) is 8.99. The Labute approximate surface area is 169 Å². The lowest BCUT2D eigenvalue weighted by Gasteiger charge is -2.16. The van der Waals surface area contributed by atoms with Gasteiger partial charge in [-0.3, -0.25) is 20.4 Å². The highest BCUT2D eigenvalue weighted by atomic mass is 32.1. The number of nitrogens with one attached hydrogen (secondary N) is 2. The summed E-state index contributed by atoms with van der Waals surface area (Å²) in [5.74, 6) is 1.23. The van der Waals surface area contributed by atoms with Crippen LogP contribution in [0.5, 0.6) is 11.5 Å². The molecule has 150 valence electrons. The molecular formula is C21H26N2O4S. The molecule has 2 N–H and O–H groups in total. The van der Waals surface area contributed by atoms with E-state index in [4.69, 9.17) is 9.47 Å². The maximum absolute atomic E-state index is 12.4. The first-order chi connectivity index (χ1) is 13.5. The van der Waals surface area contributed by atoms with Gasteiger partial charge in [-0.25, -0.2) is 0 Å². The molecule has 2 amide bonds. The summed E-state index contributed by atoms with van der Waals surface area (Å²) in [7, 11) is 0. The van der Waals surface area contributed by atoms with Gasteiger partial charge in [0, 0.05) is 4.88 Å². The van der Waals surface area contributed by atoms with Crippen LogP contribution in [-0.4, -0.2) is 24.5 Å². The van der Waals surface area contributed by atoms with E-state index >= 15 is 0 Å². The van der Waals surface area contributed by atoms with Gasteiger partial charge < -0.3 is 9.47 Å². The number of benzene rings is 1. The third-order valence-corrected chi connectivity index (χ3v) is 5.90. The van der Waals surface area contributed by atoms with Crippen LogP contribution < -0.4 is 20.3 Å². The summed E-state index contributed by atoms with van der Waals surface area (Å²) in [5.41, 5.74) is 6.18. The molecule has 2 aromatic rings. The minimum absolute atomic E-state index is 0.298. The second-order valence-electron chi connectivity index (χ2n) is 7.01. The maximum atomic E-state index is 12.4. The zero-order valence-corrected chi connectivity index (χ0v) is 17.2. The van der Waals surface area contributed by atoms with Gasteiger partial charge in [0.2, 0.25) is 0 Å². The van der Waals surface area contributed by atoms with Crippen molar-refractivity contribution in [1.29, 1.82) is 0 Å². The maximum Gasteiger partial charge on any atom is 0.279 e. The van der Waals surface area contributed by atoms with Gasteiger partial charge in [0.05, 0.1) is 11.5 Å². The summed E-state index contributed by atoms with van der Waals surface area (Å²) < 4.78 is 11.0. The van der Waals surface area contributed by atoms with Crippen LogP contribution in [0.2, 0.25) is 0 Å². The van der Waals surface area contributed by atoms with Crippen molar-refractivity contribution in [3.05, 3.63) is 45.6 Å². The largest absolute Gasteiger partial charge is 0.494 e. The first kappa shape index (κ1) is 20.2. The van der Waals surface area contributed by atoms with Gasteiger partial charge in [-0.1, -0.05) is 6.92 Å². The highest BCUT2D eigenvalue weighted by molar-refractivity contribution is 7.14. The number of carbonyl (C=O) groups is 2. The lowest BCUT2D eigenvalue weighted by atomic mass is 9.90. The fourth-order valence-electron chi connectivity index (χ4n) is 3.14. The molecular weight excluding hydrogens is 376 g/mol. The SMILES string of the molecule is CCOc1ccc(OC(C)C(=O)NNC(=O)c2cc3c(s2)CCC(C)C3)cc1. The molecule has 0 saturated carbocycles. The Morgan fingerprint density at radius 1 is 1.21 bits per heavy atom. The van der Waals surface area contributed by atoms with Gasteiger partial charge in [-0.15, -0.1) is 11.3 Å². The molecule has 6 nitrogen and oxygen atoms in total. The average Bonchev–Trinajstić information content (AvgIpc) is 3.10. The number of aryl methyl sites for hydroxylation is 1. The Bertz CT molecular complexity index is 831. The van der Waals surface area contributed by atoms with Gasteiger partial charge in [-0.2, -0.15) is 0 Å². The average molecular weight is 403 g/mol. The fourth-order valence-corrected chi connectivity index (χ4v) is 4.24. The molecule has 0 fully saturated rings. The molecule has 28 heavy (non-hydrogen) atoms. The Balaban J connectivity index is 1.49. The zero-order chi connectivity index (χ0) is 20.1. The minimum Gasteiger partial charge on any atom is -0.494 e. The van der Waals surface area contributed by atoms with Crippen molar-refractivity contribution in [2.75, 3.05) is 6.61 Å². The third kappa shape index (κ3) is 5.04. The minimum atomic E-state index is -0.754. The molecule has 0 aliphatic heterocycles. The number of fused-ring (bicyclic) bond motifs is 1. The van der Waals surface area contributed by atoms with E-state index in [9.17, 15) is 9.59 Å². The van der Waals surface area contributed by atoms with E-state index in [2.05, 4.69) is 17.8 Å². The molecule has 2 atom stereocenters. The quantitative estimate of drug-likeness (QED) is 0.725. The second kappa shape index (κ2) is 9.10. The van der Waals surface area contributed by atoms with Gasteiger partial charge in [-0.05, 0) is 74.9 Å². The standard InChI is InChI=1S/C21H26N2O4S/c1-4-26-16-6-8-17(9-7-16)27-14(3)20(24)22-23-21(25)19-12-15-11-13(2)5-10-18(15)28-19/h6-9,12-14H,4-5,10-11H2,1-3H3,(H,22,24)(H,23,25). The second-order valence-corrected chi connectivity index (χ2v) is 8.15. The Hall–Kier alpha value is -2.54. The van der Waals surface area contributed by atoms with Gasteiger partial charge >= 0.3 is 0 Å². The van der Waals surface area contributed by atoms with Crippen LogP contribution in [0, 0.1) is 5.92 Å². The predicted molar refractivity (Wildman–Crippen MR) is 109 cm³/mol. The molecule has 1 aromatic carbocycles. The molecule has 1 aliphatic rings. The molecule has 0 radical (unpaired) electrons. The van der Waals surface area contributed by atoms with Crippen LogP contribution in [0.25, 0.3) is 0 Å². The van der Waals surface area contributed by atoms with Crippen molar-refractivity contribution >= 4 is 23.2 Å². The fraction of sp³-hybridized carbons (Fsp3) is 0.429. The predicted octanol–water partition coefficient (Wildman–Crippen LogP) is 3.50. The normalized spacial score (nSPS) is 16.6. The van der Waals surface area contributed by atoms with Crippen molar-refractivity contribution in [3.63, 3.8) is 0 Å². The van der Waals surface area contributed by atoms with Gasteiger partial charge in [0.1, 0.15) is 11.5 Å². The molecule has 1 aliphatic carbocycles. The van der Waals surface area contributed by atoms with Crippen molar-refractivity contribution < 1.29 is 19.1 Å². The van der Waals surface area contributed by atoms with Crippen molar-refractivity contribution in [1.82, 2.24) is 10.9 Å². The number of thiophene rings is 1. The van der Waals surface area contributed by atoms with Crippen LogP contribution >= 0.6 is 11.3 Å². The molecule has 2 unspecified atom stereocenters. The van der Waals surface area contributed by atoms with Crippen molar-refractivity contribution in [3.8, 4) is 11.5 Å². The van der Waals surface area contributed by atoms with Gasteiger partial charge in [0.15, 0.2) is 6.10 Å². The van der Waals surface area contributed by atoms with E-state index in [1.54, 1.807) is 31.2 Å². The number of hydrazine groups is 1. The summed E-state index contributed by atoms with van der Waals surface area (Å²) in [5, 5.41) is 0. The number of amides is 2. The molecule has 1 aromatic heterocycles. The highest BCUT2D eigenvalue weighted by Gasteiger charge is 2.21. The van der Waals surface area contributed by atoms with Crippen LogP contribution in [-0.2, 0) is 17.6 Å². The van der Waals surface area contributed by atoms with E-state index in [1.165, 1.54) is 21.8 Å². The summed E-state index contributed by atoms with van der Waals surface area (Å²) in [6.45, 7) is 6.36. The first-order valence-electron chi connectivity index (χ1n) is 9.57. The third-order valence-electron chi connectivity index (χ3n) is 4.67. The summed E-state index contributed by atoms with van der Waals surface area (Å²) in [6.07, 6.45) is 2.44. The Morgan fingerprint density at radius 2 is 1.93 bits per heavy atom.